The molecule has 1 aromatic carbocycles. The maximum atomic E-state index is 11.5. The van der Waals surface area contributed by atoms with Gasteiger partial charge in [0.1, 0.15) is 5.82 Å². The lowest BCUT2D eigenvalue weighted by molar-refractivity contribution is -0.124. The van der Waals surface area contributed by atoms with Gasteiger partial charge in [-0.3, -0.25) is 9.69 Å². The van der Waals surface area contributed by atoms with Crippen LogP contribution in [0.3, 0.4) is 0 Å². The molecule has 4 rings (SSSR count). The van der Waals surface area contributed by atoms with Crippen LogP contribution in [0, 0.1) is 0 Å². The lowest BCUT2D eigenvalue weighted by Crippen LogP contribution is -2.47. The van der Waals surface area contributed by atoms with Crippen molar-refractivity contribution in [3.63, 3.8) is 0 Å². The number of hydrogen-bond donors (Lipinski definition) is 2. The van der Waals surface area contributed by atoms with E-state index in [9.17, 15) is 4.79 Å². The van der Waals surface area contributed by atoms with Crippen molar-refractivity contribution in [2.24, 2.45) is 0 Å². The molecule has 0 spiro atoms. The number of piperazine rings is 1. The number of hydrogen-bond acceptors (Lipinski definition) is 4. The van der Waals surface area contributed by atoms with Gasteiger partial charge in [-0.2, -0.15) is 0 Å². The molecule has 0 unspecified atom stereocenters. The summed E-state index contributed by atoms with van der Waals surface area (Å²) in [7, 11) is 0. The fourth-order valence-corrected chi connectivity index (χ4v) is 3.24. The van der Waals surface area contributed by atoms with Crippen molar-refractivity contribution in [3.8, 4) is 11.3 Å². The molecule has 5 nitrogen and oxygen atoms in total. The second kappa shape index (κ2) is 6.24. The molecule has 2 aromatic rings. The zero-order valence-electron chi connectivity index (χ0n) is 13.7. The van der Waals surface area contributed by atoms with Crippen molar-refractivity contribution in [2.75, 3.05) is 25.4 Å². The Labute approximate surface area is 141 Å². The van der Waals surface area contributed by atoms with Crippen LogP contribution in [0.15, 0.2) is 36.4 Å². The first kappa shape index (κ1) is 15.1. The van der Waals surface area contributed by atoms with Crippen LogP contribution in [0.25, 0.3) is 11.3 Å². The number of carbonyl (C=O) groups excluding carboxylic acids is 1. The second-order valence-corrected chi connectivity index (χ2v) is 6.74. The van der Waals surface area contributed by atoms with Gasteiger partial charge in [0.05, 0.1) is 12.2 Å². The van der Waals surface area contributed by atoms with Crippen LogP contribution in [0.4, 0.5) is 5.82 Å². The van der Waals surface area contributed by atoms with Crippen molar-refractivity contribution >= 4 is 11.7 Å². The predicted octanol–water partition coefficient (Wildman–Crippen LogP) is 2.14. The highest BCUT2D eigenvalue weighted by atomic mass is 16.2. The van der Waals surface area contributed by atoms with Crippen LogP contribution in [-0.4, -0.2) is 35.4 Å². The molecule has 124 valence electrons. The van der Waals surface area contributed by atoms with E-state index in [4.69, 9.17) is 5.73 Å². The summed E-state index contributed by atoms with van der Waals surface area (Å²) >= 11 is 0. The molecule has 1 aliphatic heterocycles. The van der Waals surface area contributed by atoms with Crippen LogP contribution >= 0.6 is 0 Å². The summed E-state index contributed by atoms with van der Waals surface area (Å²) < 4.78 is 0. The molecule has 0 atom stereocenters. The van der Waals surface area contributed by atoms with E-state index in [1.807, 2.05) is 6.07 Å². The third-order valence-corrected chi connectivity index (χ3v) is 4.69. The average molecular weight is 322 g/mol. The largest absolute Gasteiger partial charge is 0.384 e. The summed E-state index contributed by atoms with van der Waals surface area (Å²) in [6.45, 7) is 2.90. The molecule has 1 aliphatic carbocycles. The number of amides is 1. The van der Waals surface area contributed by atoms with E-state index >= 15 is 0 Å². The minimum absolute atomic E-state index is 0.106. The summed E-state index contributed by atoms with van der Waals surface area (Å²) in [6, 6.07) is 12.6. The summed E-state index contributed by atoms with van der Waals surface area (Å²) in [6.07, 6.45) is 2.51. The Kier molecular flexibility index (Phi) is 3.94. The van der Waals surface area contributed by atoms with E-state index in [2.05, 4.69) is 45.5 Å². The Balaban J connectivity index is 1.50. The van der Waals surface area contributed by atoms with Crippen LogP contribution in [-0.2, 0) is 11.3 Å². The van der Waals surface area contributed by atoms with Gasteiger partial charge in [-0.05, 0) is 42.0 Å². The van der Waals surface area contributed by atoms with Gasteiger partial charge in [0.2, 0.25) is 5.91 Å². The molecular formula is C19H22N4O. The van der Waals surface area contributed by atoms with Crippen molar-refractivity contribution in [3.05, 3.63) is 47.5 Å². The fraction of sp³-hybridized carbons (Fsp3) is 0.368. The molecule has 5 heteroatoms. The molecule has 0 bridgehead atoms. The number of carbonyl (C=O) groups is 1. The molecular weight excluding hydrogens is 300 g/mol. The van der Waals surface area contributed by atoms with Gasteiger partial charge >= 0.3 is 0 Å². The summed E-state index contributed by atoms with van der Waals surface area (Å²) in [5.74, 6) is 1.37. The monoisotopic (exact) mass is 322 g/mol. The first-order valence-corrected chi connectivity index (χ1v) is 8.53. The number of nitrogens with two attached hydrogens (primary N) is 1. The number of nitrogens with one attached hydrogen (secondary N) is 1. The Hall–Kier alpha value is -2.40. The lowest BCUT2D eigenvalue weighted by Gasteiger charge is -2.26. The minimum atomic E-state index is 0.106. The van der Waals surface area contributed by atoms with Crippen molar-refractivity contribution in [2.45, 2.75) is 25.3 Å². The smallest absolute Gasteiger partial charge is 0.234 e. The predicted molar refractivity (Wildman–Crippen MR) is 94.3 cm³/mol. The van der Waals surface area contributed by atoms with E-state index in [0.29, 0.717) is 18.3 Å². The van der Waals surface area contributed by atoms with E-state index in [1.165, 1.54) is 24.0 Å². The highest BCUT2D eigenvalue weighted by Crippen LogP contribution is 2.41. The van der Waals surface area contributed by atoms with Crippen molar-refractivity contribution in [1.82, 2.24) is 15.2 Å². The van der Waals surface area contributed by atoms with Crippen LogP contribution in [0.2, 0.25) is 0 Å². The third-order valence-electron chi connectivity index (χ3n) is 4.69. The first-order chi connectivity index (χ1) is 11.7. The molecule has 24 heavy (non-hydrogen) atoms. The lowest BCUT2D eigenvalue weighted by atomic mass is 10.0. The number of nitrogen functional groups attached to an aromatic ring is 1. The summed E-state index contributed by atoms with van der Waals surface area (Å²) in [4.78, 5) is 18.1. The number of aromatic nitrogens is 1. The maximum absolute atomic E-state index is 11.5. The van der Waals surface area contributed by atoms with E-state index < -0.39 is 0 Å². The van der Waals surface area contributed by atoms with Crippen LogP contribution < -0.4 is 11.1 Å². The number of nitrogens with zero attached hydrogens (tertiary/aromatic N) is 2. The number of anilines is 1. The van der Waals surface area contributed by atoms with Crippen LogP contribution in [0.5, 0.6) is 0 Å². The Bertz CT molecular complexity index is 752. The van der Waals surface area contributed by atoms with E-state index in [-0.39, 0.29) is 5.91 Å². The molecule has 1 saturated heterocycles. The SMILES string of the molecule is Nc1cc(C2CC2)cc(-c2ccc(CN3CCNC(=O)C3)cc2)n1. The minimum Gasteiger partial charge on any atom is -0.384 e. The van der Waals surface area contributed by atoms with Gasteiger partial charge < -0.3 is 11.1 Å². The summed E-state index contributed by atoms with van der Waals surface area (Å²) in [5.41, 5.74) is 10.5. The number of benzene rings is 1. The second-order valence-electron chi connectivity index (χ2n) is 6.74. The number of rotatable bonds is 4. The highest BCUT2D eigenvalue weighted by Gasteiger charge is 2.24. The molecule has 3 N–H and O–H groups in total. The summed E-state index contributed by atoms with van der Waals surface area (Å²) in [5, 5.41) is 2.85. The zero-order valence-corrected chi connectivity index (χ0v) is 13.7. The van der Waals surface area contributed by atoms with Gasteiger partial charge in [0.15, 0.2) is 0 Å². The molecule has 2 aliphatic rings. The Morgan fingerprint density at radius 2 is 2.00 bits per heavy atom. The van der Waals surface area contributed by atoms with Gasteiger partial charge in [0, 0.05) is 25.2 Å². The third kappa shape index (κ3) is 3.41. The highest BCUT2D eigenvalue weighted by molar-refractivity contribution is 5.78. The molecule has 2 fully saturated rings. The van der Waals surface area contributed by atoms with E-state index in [1.54, 1.807) is 0 Å². The number of pyridine rings is 1. The van der Waals surface area contributed by atoms with Gasteiger partial charge in [0.25, 0.3) is 0 Å². The Morgan fingerprint density at radius 3 is 2.71 bits per heavy atom. The van der Waals surface area contributed by atoms with E-state index in [0.717, 1.165) is 30.9 Å². The topological polar surface area (TPSA) is 71.2 Å². The molecule has 2 heterocycles. The average Bonchev–Trinajstić information content (AvgIpc) is 3.40. The standard InChI is InChI=1S/C19H22N4O/c20-18-10-16(14-5-6-14)9-17(22-18)15-3-1-13(2-4-15)11-23-8-7-21-19(24)12-23/h1-4,9-10,14H,5-8,11-12H2,(H2,20,22)(H,21,24). The first-order valence-electron chi connectivity index (χ1n) is 8.53. The zero-order chi connectivity index (χ0) is 16.5. The van der Waals surface area contributed by atoms with Crippen molar-refractivity contribution in [1.29, 1.82) is 0 Å². The molecule has 0 radical (unpaired) electrons. The normalized spacial score (nSPS) is 18.4. The molecule has 1 aromatic heterocycles. The Morgan fingerprint density at radius 1 is 1.21 bits per heavy atom. The van der Waals surface area contributed by atoms with Gasteiger partial charge in [-0.25, -0.2) is 4.98 Å². The van der Waals surface area contributed by atoms with Crippen LogP contribution in [0.1, 0.15) is 29.9 Å². The van der Waals surface area contributed by atoms with Gasteiger partial charge in [-0.1, -0.05) is 24.3 Å². The molecule has 1 amide bonds. The quantitative estimate of drug-likeness (QED) is 0.905. The maximum Gasteiger partial charge on any atom is 0.234 e. The molecule has 1 saturated carbocycles. The van der Waals surface area contributed by atoms with Gasteiger partial charge in [-0.15, -0.1) is 0 Å². The fourth-order valence-electron chi connectivity index (χ4n) is 3.24. The van der Waals surface area contributed by atoms with Crippen molar-refractivity contribution < 1.29 is 4.79 Å².